The van der Waals surface area contributed by atoms with Gasteiger partial charge >= 0.3 is 0 Å². The lowest BCUT2D eigenvalue weighted by atomic mass is 10.1. The molecule has 0 bridgehead atoms. The van der Waals surface area contributed by atoms with Gasteiger partial charge in [0.25, 0.3) is 11.2 Å². The SMILES string of the molecule is CCn1c(=O)c(C=Nc2c(Cl)cc([N+](=O)[O-])cc2Cl)c(O)c2ccccc21. The van der Waals surface area contributed by atoms with E-state index in [1.54, 1.807) is 24.3 Å². The number of halogens is 2. The number of nitrogens with zero attached hydrogens (tertiary/aromatic N) is 3. The van der Waals surface area contributed by atoms with Crippen molar-refractivity contribution in [1.29, 1.82) is 0 Å². The summed E-state index contributed by atoms with van der Waals surface area (Å²) >= 11 is 12.1. The van der Waals surface area contributed by atoms with Crippen LogP contribution >= 0.6 is 23.2 Å². The van der Waals surface area contributed by atoms with Crippen LogP contribution in [0.2, 0.25) is 10.0 Å². The normalized spacial score (nSPS) is 11.4. The van der Waals surface area contributed by atoms with Crippen LogP contribution in [-0.4, -0.2) is 20.8 Å². The lowest BCUT2D eigenvalue weighted by molar-refractivity contribution is -0.384. The van der Waals surface area contributed by atoms with E-state index in [4.69, 9.17) is 23.2 Å². The van der Waals surface area contributed by atoms with Crippen molar-refractivity contribution in [2.24, 2.45) is 4.99 Å². The van der Waals surface area contributed by atoms with E-state index in [9.17, 15) is 20.0 Å². The van der Waals surface area contributed by atoms with Crippen LogP contribution in [0.4, 0.5) is 11.4 Å². The van der Waals surface area contributed by atoms with E-state index in [2.05, 4.69) is 4.99 Å². The number of non-ortho nitro benzene ring substituents is 1. The average Bonchev–Trinajstić information content (AvgIpc) is 2.63. The first-order chi connectivity index (χ1) is 12.8. The van der Waals surface area contributed by atoms with Gasteiger partial charge in [0.15, 0.2) is 0 Å². The monoisotopic (exact) mass is 405 g/mol. The Morgan fingerprint density at radius 3 is 2.48 bits per heavy atom. The molecule has 1 heterocycles. The highest BCUT2D eigenvalue weighted by atomic mass is 35.5. The van der Waals surface area contributed by atoms with Gasteiger partial charge in [-0.05, 0) is 19.1 Å². The van der Waals surface area contributed by atoms with Crippen molar-refractivity contribution in [2.45, 2.75) is 13.5 Å². The zero-order valence-corrected chi connectivity index (χ0v) is 15.5. The summed E-state index contributed by atoms with van der Waals surface area (Å²) in [5.41, 5.74) is -0.0523. The number of pyridine rings is 1. The molecule has 1 N–H and O–H groups in total. The maximum atomic E-state index is 12.7. The van der Waals surface area contributed by atoms with Crippen LogP contribution in [0.15, 0.2) is 46.2 Å². The third kappa shape index (κ3) is 3.39. The molecule has 0 atom stereocenters. The van der Waals surface area contributed by atoms with Gasteiger partial charge in [-0.15, -0.1) is 0 Å². The number of aryl methyl sites for hydroxylation is 1. The van der Waals surface area contributed by atoms with Crippen molar-refractivity contribution in [2.75, 3.05) is 0 Å². The van der Waals surface area contributed by atoms with Crippen LogP contribution in [0, 0.1) is 10.1 Å². The summed E-state index contributed by atoms with van der Waals surface area (Å²) in [5.74, 6) is -0.210. The summed E-state index contributed by atoms with van der Waals surface area (Å²) in [6.45, 7) is 2.22. The lowest BCUT2D eigenvalue weighted by Crippen LogP contribution is -2.23. The Labute approximate surface area is 163 Å². The zero-order chi connectivity index (χ0) is 19.7. The minimum absolute atomic E-state index is 0.0268. The molecule has 0 aliphatic carbocycles. The smallest absolute Gasteiger partial charge is 0.272 e. The number of hydrogen-bond acceptors (Lipinski definition) is 5. The fourth-order valence-corrected chi connectivity index (χ4v) is 3.32. The molecule has 0 aliphatic rings. The van der Waals surface area contributed by atoms with E-state index < -0.39 is 10.5 Å². The van der Waals surface area contributed by atoms with Crippen molar-refractivity contribution in [3.63, 3.8) is 0 Å². The maximum absolute atomic E-state index is 12.7. The zero-order valence-electron chi connectivity index (χ0n) is 14.0. The Hall–Kier alpha value is -2.90. The summed E-state index contributed by atoms with van der Waals surface area (Å²) in [4.78, 5) is 27.0. The van der Waals surface area contributed by atoms with E-state index in [0.717, 1.165) is 18.3 Å². The highest BCUT2D eigenvalue weighted by molar-refractivity contribution is 6.39. The van der Waals surface area contributed by atoms with Crippen molar-refractivity contribution >= 4 is 51.7 Å². The molecule has 0 aliphatic heterocycles. The molecule has 0 radical (unpaired) electrons. The summed E-state index contributed by atoms with van der Waals surface area (Å²) in [6, 6.07) is 9.19. The molecule has 27 heavy (non-hydrogen) atoms. The number of aromatic hydroxyl groups is 1. The first-order valence-corrected chi connectivity index (χ1v) is 8.62. The van der Waals surface area contributed by atoms with E-state index in [1.165, 1.54) is 4.57 Å². The predicted molar refractivity (Wildman–Crippen MR) is 106 cm³/mol. The maximum Gasteiger partial charge on any atom is 0.272 e. The van der Waals surface area contributed by atoms with Gasteiger partial charge in [-0.2, -0.15) is 0 Å². The van der Waals surface area contributed by atoms with E-state index in [-0.39, 0.29) is 32.7 Å². The van der Waals surface area contributed by atoms with Crippen LogP contribution < -0.4 is 5.56 Å². The van der Waals surface area contributed by atoms with E-state index in [1.807, 2.05) is 6.92 Å². The molecule has 0 unspecified atom stereocenters. The number of para-hydroxylation sites is 1. The topological polar surface area (TPSA) is 97.7 Å². The van der Waals surface area contributed by atoms with Crippen molar-refractivity contribution in [3.8, 4) is 5.75 Å². The Bertz CT molecular complexity index is 1130. The quantitative estimate of drug-likeness (QED) is 0.386. The van der Waals surface area contributed by atoms with Crippen molar-refractivity contribution in [1.82, 2.24) is 4.57 Å². The standard InChI is InChI=1S/C18H13Cl2N3O4/c1-2-22-15-6-4-3-5-11(15)17(24)12(18(22)25)9-21-16-13(19)7-10(23(26)27)8-14(16)20/h3-9,24H,2H2,1H3. The van der Waals surface area contributed by atoms with Gasteiger partial charge in [0.05, 0.1) is 20.5 Å². The van der Waals surface area contributed by atoms with Gasteiger partial charge in [0.2, 0.25) is 0 Å². The molecule has 0 spiro atoms. The van der Waals surface area contributed by atoms with Crippen LogP contribution in [0.5, 0.6) is 5.75 Å². The minimum Gasteiger partial charge on any atom is -0.506 e. The molecular formula is C18H13Cl2N3O4. The third-order valence-electron chi connectivity index (χ3n) is 4.03. The average molecular weight is 406 g/mol. The van der Waals surface area contributed by atoms with Gasteiger partial charge in [0, 0.05) is 30.3 Å². The molecular weight excluding hydrogens is 393 g/mol. The number of hydrogen-bond donors (Lipinski definition) is 1. The van der Waals surface area contributed by atoms with Crippen molar-refractivity contribution in [3.05, 3.63) is 72.5 Å². The number of rotatable bonds is 4. The summed E-state index contributed by atoms with van der Waals surface area (Å²) < 4.78 is 1.51. The number of benzene rings is 2. The number of fused-ring (bicyclic) bond motifs is 1. The molecule has 1 aromatic heterocycles. The molecule has 0 saturated heterocycles. The predicted octanol–water partition coefficient (Wildman–Crippen LogP) is 4.69. The van der Waals surface area contributed by atoms with Gasteiger partial charge in [-0.3, -0.25) is 19.9 Å². The molecule has 0 amide bonds. The summed E-state index contributed by atoms with van der Waals surface area (Å²) in [7, 11) is 0. The number of aromatic nitrogens is 1. The van der Waals surface area contributed by atoms with E-state index >= 15 is 0 Å². The summed E-state index contributed by atoms with van der Waals surface area (Å²) in [5, 5.41) is 21.8. The second-order valence-corrected chi connectivity index (χ2v) is 6.42. The Morgan fingerprint density at radius 1 is 1.26 bits per heavy atom. The Kier molecular flexibility index (Phi) is 5.16. The largest absolute Gasteiger partial charge is 0.506 e. The molecule has 3 rings (SSSR count). The second kappa shape index (κ2) is 7.38. The molecule has 138 valence electrons. The first kappa shape index (κ1) is 18.9. The number of aliphatic imine (C=N–C) groups is 1. The molecule has 9 heteroatoms. The van der Waals surface area contributed by atoms with Gasteiger partial charge < -0.3 is 9.67 Å². The molecule has 0 saturated carbocycles. The lowest BCUT2D eigenvalue weighted by Gasteiger charge is -2.11. The Morgan fingerprint density at radius 2 is 1.89 bits per heavy atom. The fourth-order valence-electron chi connectivity index (χ4n) is 2.75. The third-order valence-corrected chi connectivity index (χ3v) is 4.61. The van der Waals surface area contributed by atoms with Crippen LogP contribution in [-0.2, 0) is 6.54 Å². The molecule has 7 nitrogen and oxygen atoms in total. The highest BCUT2D eigenvalue weighted by Crippen LogP contribution is 2.37. The van der Waals surface area contributed by atoms with E-state index in [0.29, 0.717) is 17.4 Å². The summed E-state index contributed by atoms with van der Waals surface area (Å²) in [6.07, 6.45) is 1.16. The number of nitro benzene ring substituents is 1. The van der Waals surface area contributed by atoms with Crippen LogP contribution in [0.25, 0.3) is 10.9 Å². The minimum atomic E-state index is -0.625. The molecule has 0 fully saturated rings. The number of nitro groups is 1. The molecule has 3 aromatic rings. The van der Waals surface area contributed by atoms with Crippen molar-refractivity contribution < 1.29 is 10.0 Å². The van der Waals surface area contributed by atoms with Gasteiger partial charge in [-0.1, -0.05) is 35.3 Å². The fraction of sp³-hybridized carbons (Fsp3) is 0.111. The van der Waals surface area contributed by atoms with Gasteiger partial charge in [-0.25, -0.2) is 0 Å². The second-order valence-electron chi connectivity index (χ2n) is 5.60. The highest BCUT2D eigenvalue weighted by Gasteiger charge is 2.16. The van der Waals surface area contributed by atoms with Gasteiger partial charge in [0.1, 0.15) is 17.0 Å². The molecule has 2 aromatic carbocycles. The van der Waals surface area contributed by atoms with Crippen LogP contribution in [0.3, 0.4) is 0 Å². The first-order valence-electron chi connectivity index (χ1n) is 7.87. The Balaban J connectivity index is 2.18. The van der Waals surface area contributed by atoms with Crippen LogP contribution in [0.1, 0.15) is 12.5 Å².